The normalized spacial score (nSPS) is 10.4. The van der Waals surface area contributed by atoms with Gasteiger partial charge in [0.2, 0.25) is 0 Å². The highest BCUT2D eigenvalue weighted by atomic mass is 79.9. The molecule has 0 aliphatic carbocycles. The van der Waals surface area contributed by atoms with E-state index in [1.165, 1.54) is 12.1 Å². The maximum absolute atomic E-state index is 13.4. The first kappa shape index (κ1) is 13.3. The van der Waals surface area contributed by atoms with Crippen molar-refractivity contribution in [2.45, 2.75) is 6.54 Å². The van der Waals surface area contributed by atoms with Crippen molar-refractivity contribution >= 4 is 27.5 Å². The molecule has 18 heavy (non-hydrogen) atoms. The third-order valence-electron chi connectivity index (χ3n) is 2.34. The van der Waals surface area contributed by atoms with Gasteiger partial charge in [0, 0.05) is 12.6 Å². The van der Waals surface area contributed by atoms with Gasteiger partial charge in [0.25, 0.3) is 0 Å². The number of hydrogen-bond acceptors (Lipinski definition) is 2. The van der Waals surface area contributed by atoms with Gasteiger partial charge in [0.15, 0.2) is 0 Å². The van der Waals surface area contributed by atoms with Gasteiger partial charge >= 0.3 is 0 Å². The minimum Gasteiger partial charge on any atom is -0.456 e. The van der Waals surface area contributed by atoms with Crippen LogP contribution in [0.2, 0.25) is 5.02 Å². The Bertz CT molecular complexity index is 577. The molecule has 2 nitrogen and oxygen atoms in total. The van der Waals surface area contributed by atoms with Crippen molar-refractivity contribution in [2.75, 3.05) is 0 Å². The van der Waals surface area contributed by atoms with Crippen molar-refractivity contribution in [3.63, 3.8) is 0 Å². The number of hydrogen-bond donors (Lipinski definition) is 1. The standard InChI is InChI=1S/C13H10BrClFNO/c14-10-5-11(15)12(16)6-13(10)18-9-3-1-2-8(4-9)7-17/h1-6H,7,17H2. The lowest BCUT2D eigenvalue weighted by Crippen LogP contribution is -1.96. The van der Waals surface area contributed by atoms with Gasteiger partial charge in [-0.15, -0.1) is 0 Å². The third-order valence-corrected chi connectivity index (χ3v) is 3.25. The molecule has 94 valence electrons. The Balaban J connectivity index is 2.30. The summed E-state index contributed by atoms with van der Waals surface area (Å²) in [5.74, 6) is 0.441. The summed E-state index contributed by atoms with van der Waals surface area (Å²) in [6.45, 7) is 0.424. The average Bonchev–Trinajstić information content (AvgIpc) is 2.36. The molecule has 2 aromatic rings. The molecule has 0 fully saturated rings. The van der Waals surface area contributed by atoms with Crippen LogP contribution in [0.3, 0.4) is 0 Å². The number of benzene rings is 2. The third kappa shape index (κ3) is 3.02. The molecule has 2 rings (SSSR count). The van der Waals surface area contributed by atoms with Crippen LogP contribution < -0.4 is 10.5 Å². The predicted octanol–water partition coefficient (Wildman–Crippen LogP) is 4.49. The maximum Gasteiger partial charge on any atom is 0.145 e. The summed E-state index contributed by atoms with van der Waals surface area (Å²) >= 11 is 8.93. The molecule has 0 spiro atoms. The summed E-state index contributed by atoms with van der Waals surface area (Å²) in [6.07, 6.45) is 0. The minimum atomic E-state index is -0.523. The van der Waals surface area contributed by atoms with Crippen molar-refractivity contribution in [2.24, 2.45) is 5.73 Å². The highest BCUT2D eigenvalue weighted by Gasteiger charge is 2.09. The van der Waals surface area contributed by atoms with Gasteiger partial charge in [-0.3, -0.25) is 0 Å². The van der Waals surface area contributed by atoms with Crippen molar-refractivity contribution in [3.8, 4) is 11.5 Å². The van der Waals surface area contributed by atoms with E-state index in [2.05, 4.69) is 15.9 Å². The molecule has 0 unspecified atom stereocenters. The fourth-order valence-electron chi connectivity index (χ4n) is 1.45. The summed E-state index contributed by atoms with van der Waals surface area (Å²) in [7, 11) is 0. The second-order valence-corrected chi connectivity index (χ2v) is 4.91. The highest BCUT2D eigenvalue weighted by Crippen LogP contribution is 2.33. The second-order valence-electron chi connectivity index (χ2n) is 3.65. The number of halogens is 3. The van der Waals surface area contributed by atoms with E-state index in [1.807, 2.05) is 12.1 Å². The van der Waals surface area contributed by atoms with E-state index < -0.39 is 5.82 Å². The lowest BCUT2D eigenvalue weighted by Gasteiger charge is -2.09. The Kier molecular flexibility index (Phi) is 4.22. The molecular formula is C13H10BrClFNO. The largest absolute Gasteiger partial charge is 0.456 e. The Morgan fingerprint density at radius 3 is 2.78 bits per heavy atom. The molecule has 2 N–H and O–H groups in total. The van der Waals surface area contributed by atoms with Gasteiger partial charge in [0.1, 0.15) is 17.3 Å². The zero-order valence-corrected chi connectivity index (χ0v) is 11.6. The van der Waals surface area contributed by atoms with Gasteiger partial charge in [0.05, 0.1) is 9.50 Å². The molecule has 0 saturated heterocycles. The van der Waals surface area contributed by atoms with Crippen LogP contribution in [0.25, 0.3) is 0 Å². The summed E-state index contributed by atoms with van der Waals surface area (Å²) in [5.41, 5.74) is 6.49. The lowest BCUT2D eigenvalue weighted by molar-refractivity contribution is 0.473. The van der Waals surface area contributed by atoms with Crippen LogP contribution >= 0.6 is 27.5 Å². The van der Waals surface area contributed by atoms with Crippen LogP contribution in [-0.2, 0) is 6.54 Å². The van der Waals surface area contributed by atoms with E-state index in [4.69, 9.17) is 22.1 Å². The van der Waals surface area contributed by atoms with Crippen molar-refractivity contribution < 1.29 is 9.13 Å². The van der Waals surface area contributed by atoms with Crippen molar-refractivity contribution in [3.05, 3.63) is 57.3 Å². The topological polar surface area (TPSA) is 35.2 Å². The highest BCUT2D eigenvalue weighted by molar-refractivity contribution is 9.10. The molecule has 0 aliphatic heterocycles. The Morgan fingerprint density at radius 1 is 1.28 bits per heavy atom. The minimum absolute atomic E-state index is 0.0462. The van der Waals surface area contributed by atoms with Crippen LogP contribution in [0.1, 0.15) is 5.56 Å². The van der Waals surface area contributed by atoms with E-state index in [0.717, 1.165) is 5.56 Å². The molecule has 0 amide bonds. The second kappa shape index (κ2) is 5.69. The molecule has 0 heterocycles. The zero-order chi connectivity index (χ0) is 13.1. The Morgan fingerprint density at radius 2 is 2.06 bits per heavy atom. The van der Waals surface area contributed by atoms with E-state index in [-0.39, 0.29) is 5.02 Å². The molecule has 0 radical (unpaired) electrons. The van der Waals surface area contributed by atoms with Gasteiger partial charge in [-0.25, -0.2) is 4.39 Å². The Labute approximate surface area is 118 Å². The van der Waals surface area contributed by atoms with E-state index in [9.17, 15) is 4.39 Å². The fourth-order valence-corrected chi connectivity index (χ4v) is 2.17. The van der Waals surface area contributed by atoms with Crippen LogP contribution in [0.4, 0.5) is 4.39 Å². The zero-order valence-electron chi connectivity index (χ0n) is 9.29. The molecule has 5 heteroatoms. The predicted molar refractivity (Wildman–Crippen MR) is 73.5 cm³/mol. The summed E-state index contributed by atoms with van der Waals surface area (Å²) in [6, 6.07) is 10.00. The number of nitrogens with two attached hydrogens (primary N) is 1. The average molecular weight is 331 g/mol. The van der Waals surface area contributed by atoms with Crippen molar-refractivity contribution in [1.29, 1.82) is 0 Å². The SMILES string of the molecule is NCc1cccc(Oc2cc(F)c(Cl)cc2Br)c1. The smallest absolute Gasteiger partial charge is 0.145 e. The fraction of sp³-hybridized carbons (Fsp3) is 0.0769. The summed E-state index contributed by atoms with van der Waals surface area (Å²) in [5, 5.41) is 0.0462. The van der Waals surface area contributed by atoms with Crippen LogP contribution in [-0.4, -0.2) is 0 Å². The van der Waals surface area contributed by atoms with Gasteiger partial charge in [-0.1, -0.05) is 23.7 Å². The summed E-state index contributed by atoms with van der Waals surface area (Å²) in [4.78, 5) is 0. The van der Waals surface area contributed by atoms with Crippen LogP contribution in [0, 0.1) is 5.82 Å². The number of rotatable bonds is 3. The molecular weight excluding hydrogens is 321 g/mol. The van der Waals surface area contributed by atoms with Crippen molar-refractivity contribution in [1.82, 2.24) is 0 Å². The van der Waals surface area contributed by atoms with Gasteiger partial charge in [-0.05, 0) is 39.7 Å². The van der Waals surface area contributed by atoms with Crippen LogP contribution in [0.15, 0.2) is 40.9 Å². The quantitative estimate of drug-likeness (QED) is 0.841. The Hall–Kier alpha value is -1.10. The maximum atomic E-state index is 13.4. The van der Waals surface area contributed by atoms with E-state index in [1.54, 1.807) is 12.1 Å². The monoisotopic (exact) mass is 329 g/mol. The van der Waals surface area contributed by atoms with Crippen LogP contribution in [0.5, 0.6) is 11.5 Å². The molecule has 0 aromatic heterocycles. The first-order valence-electron chi connectivity index (χ1n) is 5.21. The molecule has 0 saturated carbocycles. The molecule has 2 aromatic carbocycles. The lowest BCUT2D eigenvalue weighted by atomic mass is 10.2. The molecule has 0 atom stereocenters. The van der Waals surface area contributed by atoms with E-state index >= 15 is 0 Å². The summed E-state index contributed by atoms with van der Waals surface area (Å²) < 4.78 is 19.5. The number of ether oxygens (including phenoxy) is 1. The molecule has 0 aliphatic rings. The van der Waals surface area contributed by atoms with E-state index in [0.29, 0.717) is 22.5 Å². The van der Waals surface area contributed by atoms with Gasteiger partial charge in [-0.2, -0.15) is 0 Å². The first-order valence-corrected chi connectivity index (χ1v) is 6.38. The van der Waals surface area contributed by atoms with Gasteiger partial charge < -0.3 is 10.5 Å². The molecule has 0 bridgehead atoms. The first-order chi connectivity index (χ1) is 8.60.